The van der Waals surface area contributed by atoms with Crippen LogP contribution in [0.2, 0.25) is 0 Å². The first-order valence-corrected chi connectivity index (χ1v) is 8.19. The third kappa shape index (κ3) is 3.33. The van der Waals surface area contributed by atoms with Crippen LogP contribution in [0, 0.1) is 0 Å². The van der Waals surface area contributed by atoms with Crippen LogP contribution in [0.15, 0.2) is 0 Å². The molecule has 2 heterocycles. The number of rotatable bonds is 6. The van der Waals surface area contributed by atoms with Gasteiger partial charge < -0.3 is 10.5 Å². The van der Waals surface area contributed by atoms with Crippen LogP contribution in [0.4, 0.5) is 5.00 Å². The van der Waals surface area contributed by atoms with E-state index >= 15 is 0 Å². The molecule has 5 heteroatoms. The van der Waals surface area contributed by atoms with Gasteiger partial charge in [0, 0.05) is 18.0 Å². The second-order valence-electron chi connectivity index (χ2n) is 5.32. The lowest BCUT2D eigenvalue weighted by atomic mass is 10.0. The SMILES string of the molecule is CCCCCCN1CCc2c(sc(N)c2C(=O)OC)C1. The Morgan fingerprint density at radius 2 is 2.20 bits per heavy atom. The van der Waals surface area contributed by atoms with Crippen LogP contribution in [-0.4, -0.2) is 31.1 Å². The Hall–Kier alpha value is -1.07. The molecule has 4 nitrogen and oxygen atoms in total. The maximum Gasteiger partial charge on any atom is 0.341 e. The summed E-state index contributed by atoms with van der Waals surface area (Å²) >= 11 is 1.54. The minimum atomic E-state index is -0.295. The largest absolute Gasteiger partial charge is 0.465 e. The Morgan fingerprint density at radius 3 is 2.90 bits per heavy atom. The zero-order chi connectivity index (χ0) is 14.5. The van der Waals surface area contributed by atoms with Crippen molar-refractivity contribution in [2.75, 3.05) is 25.9 Å². The van der Waals surface area contributed by atoms with Gasteiger partial charge in [0.05, 0.1) is 12.7 Å². The van der Waals surface area contributed by atoms with Gasteiger partial charge in [-0.2, -0.15) is 0 Å². The highest BCUT2D eigenvalue weighted by molar-refractivity contribution is 7.16. The zero-order valence-corrected chi connectivity index (χ0v) is 13.2. The normalized spacial score (nSPS) is 15.1. The number of hydrogen-bond donors (Lipinski definition) is 1. The molecule has 0 spiro atoms. The summed E-state index contributed by atoms with van der Waals surface area (Å²) in [6, 6.07) is 0. The van der Waals surface area contributed by atoms with Crippen LogP contribution in [0.5, 0.6) is 0 Å². The van der Waals surface area contributed by atoms with Gasteiger partial charge in [0.15, 0.2) is 0 Å². The smallest absolute Gasteiger partial charge is 0.341 e. The summed E-state index contributed by atoms with van der Waals surface area (Å²) in [6.45, 7) is 5.31. The number of fused-ring (bicyclic) bond motifs is 1. The van der Waals surface area contributed by atoms with E-state index in [1.54, 1.807) is 11.3 Å². The number of carbonyl (C=O) groups excluding carboxylic acids is 1. The number of ether oxygens (including phenoxy) is 1. The van der Waals surface area contributed by atoms with Gasteiger partial charge in [-0.3, -0.25) is 4.90 Å². The van der Waals surface area contributed by atoms with E-state index in [-0.39, 0.29) is 5.97 Å². The maximum absolute atomic E-state index is 11.8. The number of thiophene rings is 1. The molecule has 0 fully saturated rings. The van der Waals surface area contributed by atoms with Gasteiger partial charge in [-0.1, -0.05) is 26.2 Å². The van der Waals surface area contributed by atoms with Crippen molar-refractivity contribution >= 4 is 22.3 Å². The third-order valence-electron chi connectivity index (χ3n) is 3.88. The topological polar surface area (TPSA) is 55.6 Å². The van der Waals surface area contributed by atoms with E-state index in [9.17, 15) is 4.79 Å². The molecule has 0 aliphatic carbocycles. The lowest BCUT2D eigenvalue weighted by molar-refractivity contribution is 0.0600. The number of nitrogen functional groups attached to an aromatic ring is 1. The first-order valence-electron chi connectivity index (χ1n) is 7.38. The zero-order valence-electron chi connectivity index (χ0n) is 12.4. The van der Waals surface area contributed by atoms with Crippen molar-refractivity contribution in [1.29, 1.82) is 0 Å². The number of nitrogens with two attached hydrogens (primary N) is 1. The minimum Gasteiger partial charge on any atom is -0.465 e. The Morgan fingerprint density at radius 1 is 1.40 bits per heavy atom. The second kappa shape index (κ2) is 7.09. The van der Waals surface area contributed by atoms with Crippen molar-refractivity contribution in [2.45, 2.75) is 45.6 Å². The Balaban J connectivity index is 1.99. The number of methoxy groups -OCH3 is 1. The molecular formula is C15H24N2O2S. The lowest BCUT2D eigenvalue weighted by Crippen LogP contribution is -2.31. The lowest BCUT2D eigenvalue weighted by Gasteiger charge is -2.26. The first kappa shape index (κ1) is 15.3. The van der Waals surface area contributed by atoms with Crippen molar-refractivity contribution in [3.8, 4) is 0 Å². The number of carbonyl (C=O) groups is 1. The maximum atomic E-state index is 11.8. The average molecular weight is 296 g/mol. The van der Waals surface area contributed by atoms with Crippen LogP contribution in [-0.2, 0) is 17.7 Å². The summed E-state index contributed by atoms with van der Waals surface area (Å²) in [5, 5.41) is 0.606. The summed E-state index contributed by atoms with van der Waals surface area (Å²) in [7, 11) is 1.41. The second-order valence-corrected chi connectivity index (χ2v) is 6.46. The van der Waals surface area contributed by atoms with Crippen molar-refractivity contribution in [3.05, 3.63) is 16.0 Å². The Labute approximate surface area is 124 Å². The van der Waals surface area contributed by atoms with E-state index in [0.29, 0.717) is 10.6 Å². The molecule has 112 valence electrons. The van der Waals surface area contributed by atoms with Gasteiger partial charge in [0.1, 0.15) is 5.00 Å². The standard InChI is InChI=1S/C15H24N2O2S/c1-3-4-5-6-8-17-9-7-11-12(10-17)20-14(16)13(11)15(18)19-2/h3-10,16H2,1-2H3. The molecule has 2 N–H and O–H groups in total. The molecule has 0 saturated heterocycles. The minimum absolute atomic E-state index is 0.295. The molecule has 0 amide bonds. The number of hydrogen-bond acceptors (Lipinski definition) is 5. The monoisotopic (exact) mass is 296 g/mol. The quantitative estimate of drug-likeness (QED) is 0.647. The predicted molar refractivity (Wildman–Crippen MR) is 83.2 cm³/mol. The summed E-state index contributed by atoms with van der Waals surface area (Å²) < 4.78 is 4.83. The highest BCUT2D eigenvalue weighted by atomic mass is 32.1. The highest BCUT2D eigenvalue weighted by Gasteiger charge is 2.27. The molecule has 20 heavy (non-hydrogen) atoms. The van der Waals surface area contributed by atoms with E-state index in [1.807, 2.05) is 0 Å². The molecule has 1 aliphatic rings. The molecule has 1 aliphatic heterocycles. The molecule has 0 saturated carbocycles. The molecule has 0 aromatic carbocycles. The summed E-state index contributed by atoms with van der Waals surface area (Å²) in [5.41, 5.74) is 7.71. The molecule has 1 aromatic heterocycles. The fourth-order valence-electron chi connectivity index (χ4n) is 2.76. The van der Waals surface area contributed by atoms with Crippen molar-refractivity contribution < 1.29 is 9.53 Å². The van der Waals surface area contributed by atoms with Gasteiger partial charge in [-0.05, 0) is 24.9 Å². The van der Waals surface area contributed by atoms with Crippen molar-refractivity contribution in [2.24, 2.45) is 0 Å². The van der Waals surface area contributed by atoms with Crippen molar-refractivity contribution in [3.63, 3.8) is 0 Å². The number of esters is 1. The predicted octanol–water partition coefficient (Wildman–Crippen LogP) is 3.06. The van der Waals surface area contributed by atoms with E-state index < -0.39 is 0 Å². The molecule has 0 unspecified atom stereocenters. The van der Waals surface area contributed by atoms with Crippen LogP contribution in [0.1, 0.15) is 53.4 Å². The van der Waals surface area contributed by atoms with Crippen LogP contribution in [0.3, 0.4) is 0 Å². The molecule has 0 radical (unpaired) electrons. The van der Waals surface area contributed by atoms with Gasteiger partial charge in [-0.25, -0.2) is 4.79 Å². The Kier molecular flexibility index (Phi) is 5.43. The van der Waals surface area contributed by atoms with Gasteiger partial charge >= 0.3 is 5.97 Å². The summed E-state index contributed by atoms with van der Waals surface area (Å²) in [5.74, 6) is -0.295. The molecule has 0 bridgehead atoms. The van der Waals surface area contributed by atoms with Crippen LogP contribution < -0.4 is 5.73 Å². The fourth-order valence-corrected chi connectivity index (χ4v) is 3.91. The summed E-state index contributed by atoms with van der Waals surface area (Å²) in [4.78, 5) is 15.5. The molecule has 1 aromatic rings. The highest BCUT2D eigenvalue weighted by Crippen LogP contribution is 2.35. The van der Waals surface area contributed by atoms with E-state index in [4.69, 9.17) is 10.5 Å². The van der Waals surface area contributed by atoms with E-state index in [2.05, 4.69) is 11.8 Å². The summed E-state index contributed by atoms with van der Waals surface area (Å²) in [6.07, 6.45) is 6.06. The van der Waals surface area contributed by atoms with E-state index in [1.165, 1.54) is 37.7 Å². The van der Waals surface area contributed by atoms with Gasteiger partial charge in [0.25, 0.3) is 0 Å². The third-order valence-corrected chi connectivity index (χ3v) is 4.93. The van der Waals surface area contributed by atoms with E-state index in [0.717, 1.165) is 31.6 Å². The molecule has 2 rings (SSSR count). The molecular weight excluding hydrogens is 272 g/mol. The van der Waals surface area contributed by atoms with Gasteiger partial charge in [-0.15, -0.1) is 11.3 Å². The van der Waals surface area contributed by atoms with Crippen molar-refractivity contribution in [1.82, 2.24) is 4.90 Å². The number of anilines is 1. The van der Waals surface area contributed by atoms with Gasteiger partial charge in [0.2, 0.25) is 0 Å². The van der Waals surface area contributed by atoms with Crippen LogP contribution >= 0.6 is 11.3 Å². The number of nitrogens with zero attached hydrogens (tertiary/aromatic N) is 1. The Bertz CT molecular complexity index is 471. The fraction of sp³-hybridized carbons (Fsp3) is 0.667. The average Bonchev–Trinajstić information content (AvgIpc) is 2.78. The number of unbranched alkanes of at least 4 members (excludes halogenated alkanes) is 3. The first-order chi connectivity index (χ1) is 9.67. The van der Waals surface area contributed by atoms with Crippen LogP contribution in [0.25, 0.3) is 0 Å². The molecule has 0 atom stereocenters.